The predicted molar refractivity (Wildman–Crippen MR) is 90.9 cm³/mol. The van der Waals surface area contributed by atoms with Gasteiger partial charge in [-0.2, -0.15) is 0 Å². The molecule has 1 heterocycles. The summed E-state index contributed by atoms with van der Waals surface area (Å²) < 4.78 is 0. The molecule has 2 rings (SSSR count). The molecule has 3 heteroatoms. The van der Waals surface area contributed by atoms with Crippen molar-refractivity contribution in [2.24, 2.45) is 0 Å². The molecule has 0 aliphatic rings. The Labute approximate surface area is 132 Å². The predicted octanol–water partition coefficient (Wildman–Crippen LogP) is 4.04. The van der Waals surface area contributed by atoms with Gasteiger partial charge in [0.15, 0.2) is 0 Å². The molecule has 0 fully saturated rings. The Hall–Kier alpha value is -1.16. The lowest BCUT2D eigenvalue weighted by molar-refractivity contribution is 0.139. The molecule has 0 aliphatic carbocycles. The van der Waals surface area contributed by atoms with Gasteiger partial charge >= 0.3 is 0 Å². The molecule has 2 nitrogen and oxygen atoms in total. The zero-order chi connectivity index (χ0) is 15.2. The molecule has 1 aromatic heterocycles. The van der Waals surface area contributed by atoms with Gasteiger partial charge in [0.25, 0.3) is 0 Å². The lowest BCUT2D eigenvalue weighted by atomic mass is 10.0. The van der Waals surface area contributed by atoms with Gasteiger partial charge in [0.2, 0.25) is 0 Å². The fraction of sp³-hybridized carbons (Fsp3) is 0.444. The lowest BCUT2D eigenvalue weighted by Crippen LogP contribution is -2.32. The normalized spacial score (nSPS) is 14.3. The highest BCUT2D eigenvalue weighted by Crippen LogP contribution is 2.19. The van der Waals surface area contributed by atoms with Crippen LogP contribution in [0.2, 0.25) is 0 Å². The second-order valence-corrected chi connectivity index (χ2v) is 6.86. The van der Waals surface area contributed by atoms with Gasteiger partial charge in [-0.25, -0.2) is 0 Å². The van der Waals surface area contributed by atoms with Gasteiger partial charge < -0.3 is 10.0 Å². The number of nitrogens with zero attached hydrogens (tertiary/aromatic N) is 1. The molecule has 0 amide bonds. The zero-order valence-corrected chi connectivity index (χ0v) is 13.9. The van der Waals surface area contributed by atoms with E-state index < -0.39 is 0 Å². The molecule has 114 valence electrons. The van der Waals surface area contributed by atoms with E-state index in [0.717, 1.165) is 24.9 Å². The van der Waals surface area contributed by atoms with Crippen molar-refractivity contribution in [3.8, 4) is 0 Å². The fourth-order valence-electron chi connectivity index (χ4n) is 2.38. The van der Waals surface area contributed by atoms with Crippen molar-refractivity contribution in [3.05, 3.63) is 57.8 Å². The summed E-state index contributed by atoms with van der Waals surface area (Å²) in [4.78, 5) is 3.75. The van der Waals surface area contributed by atoms with E-state index in [1.165, 1.54) is 10.4 Å². The van der Waals surface area contributed by atoms with Gasteiger partial charge in [-0.15, -0.1) is 11.3 Å². The van der Waals surface area contributed by atoms with Crippen molar-refractivity contribution >= 4 is 11.3 Å². The van der Waals surface area contributed by atoms with E-state index in [4.69, 9.17) is 0 Å². The number of hydrogen-bond donors (Lipinski definition) is 1. The highest BCUT2D eigenvalue weighted by atomic mass is 32.1. The third-order valence-corrected chi connectivity index (χ3v) is 4.95. The smallest absolute Gasteiger partial charge is 0.0802 e. The molecule has 2 aromatic rings. The summed E-state index contributed by atoms with van der Waals surface area (Å²) in [5.74, 6) is 0. The van der Waals surface area contributed by atoms with Crippen LogP contribution in [0, 0.1) is 6.92 Å². The Morgan fingerprint density at radius 1 is 1.19 bits per heavy atom. The quantitative estimate of drug-likeness (QED) is 0.834. The molecule has 2 atom stereocenters. The topological polar surface area (TPSA) is 23.5 Å². The van der Waals surface area contributed by atoms with E-state index >= 15 is 0 Å². The maximum absolute atomic E-state index is 10.3. The molecule has 1 N–H and O–H groups in total. The van der Waals surface area contributed by atoms with Crippen molar-refractivity contribution in [3.63, 3.8) is 0 Å². The lowest BCUT2D eigenvalue weighted by Gasteiger charge is -2.25. The average Bonchev–Trinajstić information content (AvgIpc) is 2.98. The summed E-state index contributed by atoms with van der Waals surface area (Å²) in [6.07, 6.45) is 1.48. The van der Waals surface area contributed by atoms with Crippen LogP contribution in [0.1, 0.15) is 35.5 Å². The summed E-state index contributed by atoms with van der Waals surface area (Å²) in [6, 6.07) is 13.0. The second kappa shape index (κ2) is 7.74. The van der Waals surface area contributed by atoms with E-state index in [-0.39, 0.29) is 6.10 Å². The minimum atomic E-state index is -0.373. The number of rotatable bonds is 7. The highest BCUT2D eigenvalue weighted by Gasteiger charge is 2.13. The van der Waals surface area contributed by atoms with Crippen molar-refractivity contribution < 1.29 is 5.11 Å². The molecular weight excluding hydrogens is 278 g/mol. The van der Waals surface area contributed by atoms with Crippen molar-refractivity contribution in [2.75, 3.05) is 13.6 Å². The number of aliphatic hydroxyl groups excluding tert-OH is 1. The molecule has 2 unspecified atom stereocenters. The van der Waals surface area contributed by atoms with Gasteiger partial charge in [-0.1, -0.05) is 35.9 Å². The first-order valence-electron chi connectivity index (χ1n) is 7.53. The zero-order valence-electron chi connectivity index (χ0n) is 13.1. The number of aryl methyl sites for hydroxylation is 1. The van der Waals surface area contributed by atoms with Gasteiger partial charge in [0, 0.05) is 17.5 Å². The molecule has 0 radical (unpaired) electrons. The van der Waals surface area contributed by atoms with Gasteiger partial charge in [0.1, 0.15) is 0 Å². The Kier molecular flexibility index (Phi) is 5.97. The minimum Gasteiger partial charge on any atom is -0.388 e. The number of likely N-dealkylation sites (N-methyl/N-ethyl adjacent to an activating group) is 1. The van der Waals surface area contributed by atoms with Crippen LogP contribution in [0.15, 0.2) is 41.8 Å². The average molecular weight is 303 g/mol. The monoisotopic (exact) mass is 303 g/mol. The molecular formula is C18H25NOS. The maximum Gasteiger partial charge on any atom is 0.0802 e. The van der Waals surface area contributed by atoms with Crippen LogP contribution in [0.3, 0.4) is 0 Å². The van der Waals surface area contributed by atoms with E-state index in [0.29, 0.717) is 6.04 Å². The van der Waals surface area contributed by atoms with Gasteiger partial charge in [-0.05, 0) is 50.7 Å². The van der Waals surface area contributed by atoms with E-state index in [1.54, 1.807) is 0 Å². The Balaban J connectivity index is 1.79. The molecule has 0 bridgehead atoms. The first-order valence-corrected chi connectivity index (χ1v) is 8.41. The molecule has 1 aromatic carbocycles. The Bertz CT molecular complexity index is 521. The number of aliphatic hydroxyl groups is 1. The van der Waals surface area contributed by atoms with Gasteiger partial charge in [-0.3, -0.25) is 0 Å². The standard InChI is InChI=1S/C18H25NOS/c1-14-6-8-16(9-7-14)18(20)10-11-19(3)15(2)13-17-5-4-12-21-17/h4-9,12,15,18,20H,10-11,13H2,1-3H3. The van der Waals surface area contributed by atoms with Crippen LogP contribution in [-0.4, -0.2) is 29.6 Å². The van der Waals surface area contributed by atoms with Crippen molar-refractivity contribution in [1.29, 1.82) is 0 Å². The first kappa shape index (κ1) is 16.2. The molecule has 0 spiro atoms. The summed E-state index contributed by atoms with van der Waals surface area (Å²) in [7, 11) is 2.14. The van der Waals surface area contributed by atoms with Crippen LogP contribution in [0.4, 0.5) is 0 Å². The second-order valence-electron chi connectivity index (χ2n) is 5.83. The Morgan fingerprint density at radius 2 is 1.90 bits per heavy atom. The minimum absolute atomic E-state index is 0.373. The number of benzene rings is 1. The molecule has 0 aliphatic heterocycles. The third-order valence-electron chi connectivity index (χ3n) is 4.05. The Morgan fingerprint density at radius 3 is 2.52 bits per heavy atom. The highest BCUT2D eigenvalue weighted by molar-refractivity contribution is 7.09. The molecule has 21 heavy (non-hydrogen) atoms. The first-order chi connectivity index (χ1) is 10.1. The summed E-state index contributed by atoms with van der Waals surface area (Å²) in [6.45, 7) is 5.22. The van der Waals surface area contributed by atoms with Crippen LogP contribution in [0.5, 0.6) is 0 Å². The molecule has 0 saturated carbocycles. The van der Waals surface area contributed by atoms with Crippen molar-refractivity contribution in [1.82, 2.24) is 4.90 Å². The van der Waals surface area contributed by atoms with Crippen LogP contribution >= 0.6 is 11.3 Å². The molecule has 0 saturated heterocycles. The third kappa shape index (κ3) is 4.95. The van der Waals surface area contributed by atoms with E-state index in [2.05, 4.69) is 55.4 Å². The summed E-state index contributed by atoms with van der Waals surface area (Å²) in [5, 5.41) is 12.4. The fourth-order valence-corrected chi connectivity index (χ4v) is 3.20. The number of thiophene rings is 1. The van der Waals surface area contributed by atoms with Crippen LogP contribution < -0.4 is 0 Å². The van der Waals surface area contributed by atoms with Crippen molar-refractivity contribution in [2.45, 2.75) is 38.8 Å². The van der Waals surface area contributed by atoms with E-state index in [1.807, 2.05) is 23.5 Å². The SMILES string of the molecule is Cc1ccc(C(O)CCN(C)C(C)Cc2cccs2)cc1. The van der Waals surface area contributed by atoms with Crippen LogP contribution in [-0.2, 0) is 6.42 Å². The van der Waals surface area contributed by atoms with E-state index in [9.17, 15) is 5.11 Å². The maximum atomic E-state index is 10.3. The van der Waals surface area contributed by atoms with Gasteiger partial charge in [0.05, 0.1) is 6.10 Å². The van der Waals surface area contributed by atoms with Crippen LogP contribution in [0.25, 0.3) is 0 Å². The number of hydrogen-bond acceptors (Lipinski definition) is 3. The largest absolute Gasteiger partial charge is 0.388 e. The summed E-state index contributed by atoms with van der Waals surface area (Å²) in [5.41, 5.74) is 2.24. The summed E-state index contributed by atoms with van der Waals surface area (Å²) >= 11 is 1.82.